The number of methoxy groups -OCH3 is 2. The second kappa shape index (κ2) is 9.15. The van der Waals surface area contributed by atoms with Crippen molar-refractivity contribution >= 4 is 34.1 Å². The predicted molar refractivity (Wildman–Crippen MR) is 133 cm³/mol. The first kappa shape index (κ1) is 21.9. The van der Waals surface area contributed by atoms with Gasteiger partial charge in [-0.05, 0) is 60.2 Å². The zero-order chi connectivity index (χ0) is 23.7. The number of hydrazone groups is 1. The summed E-state index contributed by atoms with van der Waals surface area (Å²) in [6, 6.07) is 24.0. The SMILES string of the molecule is COc1ccc(C2=NN(C(=O)c3ccccc3)[C@H](c3cc4ccc(OC)cc4nc3Cl)C2)cc1. The van der Waals surface area contributed by atoms with Crippen molar-refractivity contribution < 1.29 is 14.3 Å². The number of carbonyl (C=O) groups excluding carboxylic acids is 1. The van der Waals surface area contributed by atoms with E-state index in [0.717, 1.165) is 33.5 Å². The van der Waals surface area contributed by atoms with Crippen LogP contribution in [-0.4, -0.2) is 35.8 Å². The number of pyridine rings is 1. The van der Waals surface area contributed by atoms with Crippen LogP contribution >= 0.6 is 11.6 Å². The number of rotatable bonds is 5. The monoisotopic (exact) mass is 471 g/mol. The van der Waals surface area contributed by atoms with Crippen LogP contribution in [0.15, 0.2) is 84.0 Å². The first-order valence-electron chi connectivity index (χ1n) is 10.8. The van der Waals surface area contributed by atoms with Gasteiger partial charge in [-0.2, -0.15) is 5.10 Å². The number of fused-ring (bicyclic) bond motifs is 1. The van der Waals surface area contributed by atoms with Crippen molar-refractivity contribution in [3.63, 3.8) is 0 Å². The molecular weight excluding hydrogens is 450 g/mol. The Hall–Kier alpha value is -3.90. The van der Waals surface area contributed by atoms with Gasteiger partial charge in [-0.25, -0.2) is 9.99 Å². The molecule has 34 heavy (non-hydrogen) atoms. The van der Waals surface area contributed by atoms with Gasteiger partial charge >= 0.3 is 0 Å². The Kier molecular flexibility index (Phi) is 5.90. The van der Waals surface area contributed by atoms with Gasteiger partial charge in [0.2, 0.25) is 0 Å². The maximum atomic E-state index is 13.5. The lowest BCUT2D eigenvalue weighted by Crippen LogP contribution is -2.27. The van der Waals surface area contributed by atoms with Crippen LogP contribution in [0.5, 0.6) is 11.5 Å². The molecule has 1 aliphatic rings. The highest BCUT2D eigenvalue weighted by Crippen LogP contribution is 2.38. The Bertz CT molecular complexity index is 1390. The topological polar surface area (TPSA) is 64.0 Å². The van der Waals surface area contributed by atoms with Crippen molar-refractivity contribution in [2.45, 2.75) is 12.5 Å². The van der Waals surface area contributed by atoms with Crippen molar-refractivity contribution in [1.29, 1.82) is 0 Å². The van der Waals surface area contributed by atoms with Crippen molar-refractivity contribution in [3.05, 3.63) is 101 Å². The minimum Gasteiger partial charge on any atom is -0.497 e. The normalized spacial score (nSPS) is 15.3. The number of nitrogens with zero attached hydrogens (tertiary/aromatic N) is 3. The molecule has 0 fully saturated rings. The van der Waals surface area contributed by atoms with Crippen LogP contribution in [0.25, 0.3) is 10.9 Å². The molecule has 1 aromatic heterocycles. The Morgan fingerprint density at radius 2 is 1.65 bits per heavy atom. The van der Waals surface area contributed by atoms with Gasteiger partial charge in [0.05, 0.1) is 31.5 Å². The molecule has 0 unspecified atom stereocenters. The van der Waals surface area contributed by atoms with Gasteiger partial charge in [0.25, 0.3) is 5.91 Å². The van der Waals surface area contributed by atoms with Crippen LogP contribution in [0, 0.1) is 0 Å². The first-order chi connectivity index (χ1) is 16.6. The second-order valence-electron chi connectivity index (χ2n) is 7.94. The molecule has 0 saturated heterocycles. The van der Waals surface area contributed by atoms with Crippen molar-refractivity contribution in [1.82, 2.24) is 9.99 Å². The van der Waals surface area contributed by atoms with E-state index in [-0.39, 0.29) is 5.91 Å². The van der Waals surface area contributed by atoms with E-state index in [0.29, 0.717) is 22.9 Å². The molecule has 170 valence electrons. The highest BCUT2D eigenvalue weighted by molar-refractivity contribution is 6.30. The maximum absolute atomic E-state index is 13.5. The summed E-state index contributed by atoms with van der Waals surface area (Å²) in [6.07, 6.45) is 0.508. The lowest BCUT2D eigenvalue weighted by atomic mass is 9.98. The number of aromatic nitrogens is 1. The summed E-state index contributed by atoms with van der Waals surface area (Å²) in [7, 11) is 3.24. The van der Waals surface area contributed by atoms with Gasteiger partial charge in [-0.15, -0.1) is 0 Å². The Morgan fingerprint density at radius 1 is 0.941 bits per heavy atom. The van der Waals surface area contributed by atoms with E-state index in [1.165, 1.54) is 5.01 Å². The molecule has 6 nitrogen and oxygen atoms in total. The summed E-state index contributed by atoms with van der Waals surface area (Å²) in [5, 5.41) is 7.51. The number of hydrogen-bond donors (Lipinski definition) is 0. The van der Waals surface area contributed by atoms with Gasteiger partial charge in [0.1, 0.15) is 16.7 Å². The molecule has 1 amide bonds. The third-order valence-electron chi connectivity index (χ3n) is 5.93. The van der Waals surface area contributed by atoms with Crippen molar-refractivity contribution in [3.8, 4) is 11.5 Å². The quantitative estimate of drug-likeness (QED) is 0.340. The summed E-state index contributed by atoms with van der Waals surface area (Å²) in [5.41, 5.74) is 3.74. The van der Waals surface area contributed by atoms with E-state index < -0.39 is 6.04 Å². The summed E-state index contributed by atoms with van der Waals surface area (Å²) >= 11 is 6.67. The maximum Gasteiger partial charge on any atom is 0.274 e. The van der Waals surface area contributed by atoms with Crippen molar-refractivity contribution in [2.75, 3.05) is 14.2 Å². The molecule has 0 spiro atoms. The van der Waals surface area contributed by atoms with Gasteiger partial charge in [-0.3, -0.25) is 4.79 Å². The van der Waals surface area contributed by atoms with Crippen LogP contribution in [0.1, 0.15) is 33.9 Å². The molecule has 1 atom stereocenters. The zero-order valence-corrected chi connectivity index (χ0v) is 19.5. The second-order valence-corrected chi connectivity index (χ2v) is 8.30. The molecule has 0 N–H and O–H groups in total. The highest BCUT2D eigenvalue weighted by atomic mass is 35.5. The van der Waals surface area contributed by atoms with Crippen LogP contribution < -0.4 is 9.47 Å². The predicted octanol–water partition coefficient (Wildman–Crippen LogP) is 5.90. The Labute approximate surface area is 202 Å². The average Bonchev–Trinajstić information content (AvgIpc) is 3.33. The molecule has 3 aromatic carbocycles. The zero-order valence-electron chi connectivity index (χ0n) is 18.7. The third-order valence-corrected chi connectivity index (χ3v) is 6.23. The van der Waals surface area contributed by atoms with Gasteiger partial charge in [-0.1, -0.05) is 29.8 Å². The number of amides is 1. The molecule has 0 radical (unpaired) electrons. The van der Waals surface area contributed by atoms with E-state index in [1.54, 1.807) is 26.4 Å². The van der Waals surface area contributed by atoms with E-state index in [2.05, 4.69) is 4.98 Å². The van der Waals surface area contributed by atoms with Gasteiger partial charge < -0.3 is 9.47 Å². The van der Waals surface area contributed by atoms with E-state index in [1.807, 2.05) is 66.7 Å². The van der Waals surface area contributed by atoms with Gasteiger partial charge in [0, 0.05) is 29.0 Å². The summed E-state index contributed by atoms with van der Waals surface area (Å²) in [5.74, 6) is 1.27. The number of halogens is 1. The molecule has 2 heterocycles. The van der Waals surface area contributed by atoms with E-state index >= 15 is 0 Å². The third kappa shape index (κ3) is 4.08. The fourth-order valence-electron chi connectivity index (χ4n) is 4.11. The van der Waals surface area contributed by atoms with Crippen molar-refractivity contribution in [2.24, 2.45) is 5.10 Å². The Morgan fingerprint density at radius 3 is 2.35 bits per heavy atom. The molecule has 0 saturated carbocycles. The van der Waals surface area contributed by atoms with Crippen LogP contribution in [0.4, 0.5) is 0 Å². The number of hydrogen-bond acceptors (Lipinski definition) is 5. The lowest BCUT2D eigenvalue weighted by molar-refractivity contribution is 0.0711. The lowest BCUT2D eigenvalue weighted by Gasteiger charge is -2.23. The number of benzene rings is 3. The van der Waals surface area contributed by atoms with E-state index in [9.17, 15) is 4.79 Å². The smallest absolute Gasteiger partial charge is 0.274 e. The highest BCUT2D eigenvalue weighted by Gasteiger charge is 2.35. The largest absolute Gasteiger partial charge is 0.497 e. The molecule has 5 rings (SSSR count). The number of ether oxygens (including phenoxy) is 2. The van der Waals surface area contributed by atoms with Gasteiger partial charge in [0.15, 0.2) is 0 Å². The minimum absolute atomic E-state index is 0.194. The summed E-state index contributed by atoms with van der Waals surface area (Å²) in [6.45, 7) is 0. The summed E-state index contributed by atoms with van der Waals surface area (Å²) < 4.78 is 10.6. The molecule has 0 bridgehead atoms. The molecule has 7 heteroatoms. The Balaban J connectivity index is 1.58. The molecule has 4 aromatic rings. The fourth-order valence-corrected chi connectivity index (χ4v) is 4.38. The standard InChI is InChI=1S/C27H22ClN3O3/c1-33-20-11-8-17(9-12-20)24-16-25(31(30-24)27(32)18-6-4-3-5-7-18)22-14-19-10-13-21(34-2)15-23(19)29-26(22)28/h3-15,25H,16H2,1-2H3/t25-/m0/s1. The molecule has 1 aliphatic heterocycles. The molecular formula is C27H22ClN3O3. The number of carbonyl (C=O) groups is 1. The minimum atomic E-state index is -0.392. The van der Waals surface area contributed by atoms with Crippen LogP contribution in [-0.2, 0) is 0 Å². The fraction of sp³-hybridized carbons (Fsp3) is 0.148. The van der Waals surface area contributed by atoms with Crippen LogP contribution in [0.2, 0.25) is 5.15 Å². The summed E-state index contributed by atoms with van der Waals surface area (Å²) in [4.78, 5) is 18.1. The van der Waals surface area contributed by atoms with E-state index in [4.69, 9.17) is 26.2 Å². The van der Waals surface area contributed by atoms with Crippen LogP contribution in [0.3, 0.4) is 0 Å². The first-order valence-corrected chi connectivity index (χ1v) is 11.2. The molecule has 0 aliphatic carbocycles. The average molecular weight is 472 g/mol.